The molecule has 1 aromatic heterocycles. The number of rotatable bonds is 6. The number of ketones is 1. The average molecular weight is 506 g/mol. The number of H-pyrrole nitrogens is 1. The van der Waals surface area contributed by atoms with Crippen LogP contribution in [-0.2, 0) is 11.0 Å². The first-order valence-corrected chi connectivity index (χ1v) is 10.5. The minimum atomic E-state index is -4.85. The zero-order valence-electron chi connectivity index (χ0n) is 18.0. The fourth-order valence-corrected chi connectivity index (χ4v) is 3.57. The summed E-state index contributed by atoms with van der Waals surface area (Å²) in [5.74, 6) is -2.83. The molecule has 2 N–H and O–H groups in total. The Bertz CT molecular complexity index is 1450. The summed E-state index contributed by atoms with van der Waals surface area (Å²) >= 11 is 5.96. The summed E-state index contributed by atoms with van der Waals surface area (Å²) in [7, 11) is 0. The lowest BCUT2D eigenvalue weighted by Gasteiger charge is -2.14. The predicted octanol–water partition coefficient (Wildman–Crippen LogP) is 5.93. The van der Waals surface area contributed by atoms with Gasteiger partial charge < -0.3 is 15.0 Å². The molecule has 0 saturated heterocycles. The number of hydrogen-bond donors (Lipinski definition) is 2. The lowest BCUT2D eigenvalue weighted by molar-refractivity contribution is -0.137. The molecule has 1 heterocycles. The molecule has 0 aliphatic carbocycles. The first kappa shape index (κ1) is 24.2. The molecule has 0 atom stereocenters. The quantitative estimate of drug-likeness (QED) is 0.251. The van der Waals surface area contributed by atoms with E-state index in [-0.39, 0.29) is 16.3 Å². The summed E-state index contributed by atoms with van der Waals surface area (Å²) < 4.78 is 58.5. The maximum Gasteiger partial charge on any atom is 0.416 e. The second-order valence-corrected chi connectivity index (χ2v) is 8.06. The lowest BCUT2D eigenvalue weighted by atomic mass is 10.00. The summed E-state index contributed by atoms with van der Waals surface area (Å²) in [5.41, 5.74) is 0.637. The Labute approximate surface area is 200 Å². The Morgan fingerprint density at radius 1 is 1.11 bits per heavy atom. The van der Waals surface area contributed by atoms with Crippen molar-refractivity contribution in [2.75, 3.05) is 11.9 Å². The van der Waals surface area contributed by atoms with Crippen LogP contribution < -0.4 is 10.1 Å². The molecule has 1 amide bonds. The maximum atomic E-state index is 13.8. The highest BCUT2D eigenvalue weighted by atomic mass is 35.5. The van der Waals surface area contributed by atoms with Crippen molar-refractivity contribution in [2.45, 2.75) is 13.1 Å². The number of nitrogens with one attached hydrogen (secondary N) is 2. The van der Waals surface area contributed by atoms with Crippen LogP contribution in [0.1, 0.15) is 27.0 Å². The number of aryl methyl sites for hydroxylation is 1. The van der Waals surface area contributed by atoms with E-state index in [0.29, 0.717) is 29.4 Å². The first-order chi connectivity index (χ1) is 16.5. The number of amides is 1. The van der Waals surface area contributed by atoms with E-state index in [0.717, 1.165) is 11.1 Å². The van der Waals surface area contributed by atoms with Crippen LogP contribution in [0.15, 0.2) is 54.9 Å². The number of ether oxygens (including phenoxy) is 1. The van der Waals surface area contributed by atoms with Gasteiger partial charge in [0.2, 0.25) is 0 Å². The third-order valence-corrected chi connectivity index (χ3v) is 5.31. The van der Waals surface area contributed by atoms with Gasteiger partial charge in [0.1, 0.15) is 11.6 Å². The summed E-state index contributed by atoms with van der Waals surface area (Å²) in [5, 5.41) is 2.79. The van der Waals surface area contributed by atoms with E-state index in [9.17, 15) is 27.2 Å². The molecular weight excluding hydrogens is 490 g/mol. The number of nitrogens with zero attached hydrogens (tertiary/aromatic N) is 1. The van der Waals surface area contributed by atoms with Crippen LogP contribution in [0, 0.1) is 12.7 Å². The number of aromatic amines is 1. The van der Waals surface area contributed by atoms with Crippen LogP contribution in [0.5, 0.6) is 5.75 Å². The number of anilines is 1. The Kier molecular flexibility index (Phi) is 6.49. The number of aromatic nitrogens is 2. The van der Waals surface area contributed by atoms with Crippen molar-refractivity contribution < 1.29 is 31.9 Å². The van der Waals surface area contributed by atoms with Crippen LogP contribution in [0.4, 0.5) is 23.2 Å². The minimum absolute atomic E-state index is 0.0982. The molecule has 4 rings (SSSR count). The molecule has 0 saturated carbocycles. The Hall–Kier alpha value is -3.92. The number of benzene rings is 3. The van der Waals surface area contributed by atoms with Gasteiger partial charge in [0.15, 0.2) is 12.4 Å². The molecule has 0 bridgehead atoms. The van der Waals surface area contributed by atoms with Gasteiger partial charge in [0.25, 0.3) is 5.91 Å². The van der Waals surface area contributed by atoms with Crippen molar-refractivity contribution in [3.8, 4) is 5.75 Å². The average Bonchev–Trinajstić information content (AvgIpc) is 3.24. The van der Waals surface area contributed by atoms with Crippen LogP contribution in [0.3, 0.4) is 0 Å². The number of alkyl halides is 3. The topological polar surface area (TPSA) is 84.1 Å². The number of carbonyl (C=O) groups excluding carboxylic acids is 2. The van der Waals surface area contributed by atoms with Crippen molar-refractivity contribution in [3.05, 3.63) is 88.0 Å². The normalized spacial score (nSPS) is 11.5. The number of hydrogen-bond acceptors (Lipinski definition) is 4. The smallest absolute Gasteiger partial charge is 0.416 e. The van der Waals surface area contributed by atoms with Gasteiger partial charge >= 0.3 is 6.18 Å². The minimum Gasteiger partial charge on any atom is -0.483 e. The highest BCUT2D eigenvalue weighted by Gasteiger charge is 2.32. The van der Waals surface area contributed by atoms with Gasteiger partial charge in [-0.15, -0.1) is 0 Å². The SMILES string of the molecule is Cc1cc2nc[nH]c2cc1NC(=O)COc1ccc(Cl)cc1C(=O)c1cc(F)cc(C(F)(F)F)c1. The number of fused-ring (bicyclic) bond motifs is 1. The third-order valence-electron chi connectivity index (χ3n) is 5.07. The van der Waals surface area contributed by atoms with Crippen LogP contribution in [0.2, 0.25) is 5.02 Å². The van der Waals surface area contributed by atoms with Crippen molar-refractivity contribution in [1.29, 1.82) is 0 Å². The third kappa shape index (κ3) is 5.43. The maximum absolute atomic E-state index is 13.8. The second-order valence-electron chi connectivity index (χ2n) is 7.62. The van der Waals surface area contributed by atoms with Gasteiger partial charge in [-0.3, -0.25) is 9.59 Å². The molecule has 0 fully saturated rings. The molecule has 4 aromatic rings. The van der Waals surface area contributed by atoms with Gasteiger partial charge in [0, 0.05) is 16.3 Å². The Morgan fingerprint density at radius 3 is 2.63 bits per heavy atom. The molecule has 0 aliphatic heterocycles. The monoisotopic (exact) mass is 505 g/mol. The summed E-state index contributed by atoms with van der Waals surface area (Å²) in [6.07, 6.45) is -3.33. The fourth-order valence-electron chi connectivity index (χ4n) is 3.40. The fraction of sp³-hybridized carbons (Fsp3) is 0.125. The van der Waals surface area contributed by atoms with Crippen LogP contribution in [0.25, 0.3) is 11.0 Å². The summed E-state index contributed by atoms with van der Waals surface area (Å²) in [6.45, 7) is 1.27. The Balaban J connectivity index is 1.55. The van der Waals surface area contributed by atoms with Crippen LogP contribution >= 0.6 is 11.6 Å². The zero-order valence-corrected chi connectivity index (χ0v) is 18.7. The van der Waals surface area contributed by atoms with E-state index in [1.165, 1.54) is 24.5 Å². The molecule has 180 valence electrons. The number of carbonyl (C=O) groups is 2. The lowest BCUT2D eigenvalue weighted by Crippen LogP contribution is -2.21. The van der Waals surface area contributed by atoms with Gasteiger partial charge in [0.05, 0.1) is 28.5 Å². The van der Waals surface area contributed by atoms with Gasteiger partial charge in [-0.25, -0.2) is 9.37 Å². The van der Waals surface area contributed by atoms with Gasteiger partial charge in [-0.1, -0.05) is 11.6 Å². The van der Waals surface area contributed by atoms with Crippen molar-refractivity contribution in [3.63, 3.8) is 0 Å². The summed E-state index contributed by atoms with van der Waals surface area (Å²) in [4.78, 5) is 32.5. The Morgan fingerprint density at radius 2 is 1.89 bits per heavy atom. The molecular formula is C24H16ClF4N3O3. The van der Waals surface area contributed by atoms with E-state index in [2.05, 4.69) is 15.3 Å². The highest BCUT2D eigenvalue weighted by molar-refractivity contribution is 6.31. The molecule has 3 aromatic carbocycles. The molecule has 0 aliphatic rings. The van der Waals surface area contributed by atoms with E-state index in [1.807, 2.05) is 0 Å². The molecule has 0 unspecified atom stereocenters. The molecule has 0 spiro atoms. The number of imidazole rings is 1. The van der Waals surface area contributed by atoms with Crippen molar-refractivity contribution in [1.82, 2.24) is 9.97 Å². The molecule has 11 heteroatoms. The van der Waals surface area contributed by atoms with E-state index < -0.39 is 41.4 Å². The van der Waals surface area contributed by atoms with Gasteiger partial charge in [-0.05, 0) is 61.0 Å². The van der Waals surface area contributed by atoms with Gasteiger partial charge in [-0.2, -0.15) is 13.2 Å². The van der Waals surface area contributed by atoms with E-state index in [4.69, 9.17) is 16.3 Å². The molecule has 35 heavy (non-hydrogen) atoms. The standard InChI is InChI=1S/C24H16ClF4N3O3/c1-12-4-19-20(31-11-30-19)9-18(12)32-22(33)10-35-21-3-2-15(25)8-17(21)23(34)13-5-14(24(27,28)29)7-16(26)6-13/h2-9,11H,10H2,1H3,(H,30,31)(H,32,33). The van der Waals surface area contributed by atoms with Crippen LogP contribution in [-0.4, -0.2) is 28.3 Å². The first-order valence-electron chi connectivity index (χ1n) is 10.1. The molecule has 6 nitrogen and oxygen atoms in total. The van der Waals surface area contributed by atoms with E-state index in [1.54, 1.807) is 19.1 Å². The zero-order chi connectivity index (χ0) is 25.3. The van der Waals surface area contributed by atoms with E-state index >= 15 is 0 Å². The molecule has 0 radical (unpaired) electrons. The van der Waals surface area contributed by atoms with Crippen molar-refractivity contribution in [2.24, 2.45) is 0 Å². The predicted molar refractivity (Wildman–Crippen MR) is 121 cm³/mol. The van der Waals surface area contributed by atoms with Crippen molar-refractivity contribution >= 4 is 40.0 Å². The summed E-state index contributed by atoms with van der Waals surface area (Å²) in [6, 6.07) is 8.86. The number of halogens is 5. The largest absolute Gasteiger partial charge is 0.483 e. The highest BCUT2D eigenvalue weighted by Crippen LogP contribution is 2.32. The second kappa shape index (κ2) is 9.38.